The first-order chi connectivity index (χ1) is 14.0. The highest BCUT2D eigenvalue weighted by atomic mass is 16.2. The second-order valence-corrected chi connectivity index (χ2v) is 7.04. The molecule has 1 atom stereocenters. The van der Waals surface area contributed by atoms with Crippen LogP contribution in [0.15, 0.2) is 42.5 Å². The van der Waals surface area contributed by atoms with Gasteiger partial charge >= 0.3 is 0 Å². The first-order valence-electron chi connectivity index (χ1n) is 9.36. The van der Waals surface area contributed by atoms with Crippen molar-refractivity contribution in [2.24, 2.45) is 5.73 Å². The van der Waals surface area contributed by atoms with Crippen LogP contribution in [0.25, 0.3) is 0 Å². The molecule has 2 aliphatic rings. The summed E-state index contributed by atoms with van der Waals surface area (Å²) in [5.41, 5.74) is 8.99. The predicted molar refractivity (Wildman–Crippen MR) is 105 cm³/mol. The summed E-state index contributed by atoms with van der Waals surface area (Å²) in [7, 11) is 0. The maximum absolute atomic E-state index is 12.9. The zero-order valence-corrected chi connectivity index (χ0v) is 15.6. The van der Waals surface area contributed by atoms with Crippen molar-refractivity contribution >= 4 is 29.3 Å². The smallest absolute Gasteiger partial charge is 0.262 e. The standard InChI is InChI=1S/C21H20N4O4/c22-10-13-3-1-2-4-16(13)23-11-12-5-6-14-15(9-12)21(29)25(20(14)28)17-7-8-18(26)24-19(17)27/h1-6,9,17,23H,7-8,10-11,22H2,(H,24,26,27). The number of imide groups is 2. The molecule has 1 fully saturated rings. The number of nitrogens with one attached hydrogen (secondary N) is 2. The Labute approximate surface area is 167 Å². The van der Waals surface area contributed by atoms with Gasteiger partial charge in [0.05, 0.1) is 11.1 Å². The number of fused-ring (bicyclic) bond motifs is 1. The first-order valence-corrected chi connectivity index (χ1v) is 9.36. The van der Waals surface area contributed by atoms with Crippen LogP contribution in [-0.4, -0.2) is 34.6 Å². The Morgan fingerprint density at radius 1 is 1.03 bits per heavy atom. The minimum absolute atomic E-state index is 0.0968. The number of amides is 4. The molecule has 8 nitrogen and oxygen atoms in total. The van der Waals surface area contributed by atoms with E-state index in [9.17, 15) is 19.2 Å². The van der Waals surface area contributed by atoms with Crippen LogP contribution in [-0.2, 0) is 22.7 Å². The number of rotatable bonds is 5. The number of hydrogen-bond acceptors (Lipinski definition) is 6. The molecule has 2 aromatic carbocycles. The van der Waals surface area contributed by atoms with Gasteiger partial charge in [0.2, 0.25) is 11.8 Å². The molecular formula is C21H20N4O4. The monoisotopic (exact) mass is 392 g/mol. The van der Waals surface area contributed by atoms with E-state index in [1.54, 1.807) is 18.2 Å². The minimum atomic E-state index is -0.960. The van der Waals surface area contributed by atoms with Crippen molar-refractivity contribution in [2.45, 2.75) is 32.0 Å². The fourth-order valence-corrected chi connectivity index (χ4v) is 3.70. The Hall–Kier alpha value is -3.52. The molecule has 0 spiro atoms. The number of hydrogen-bond donors (Lipinski definition) is 3. The van der Waals surface area contributed by atoms with E-state index in [4.69, 9.17) is 5.73 Å². The van der Waals surface area contributed by atoms with Crippen molar-refractivity contribution in [1.29, 1.82) is 0 Å². The molecule has 1 unspecified atom stereocenters. The van der Waals surface area contributed by atoms with Crippen molar-refractivity contribution in [3.8, 4) is 0 Å². The zero-order chi connectivity index (χ0) is 20.5. The van der Waals surface area contributed by atoms with Crippen LogP contribution < -0.4 is 16.4 Å². The van der Waals surface area contributed by atoms with E-state index in [1.165, 1.54) is 0 Å². The first kappa shape index (κ1) is 18.8. The second-order valence-electron chi connectivity index (χ2n) is 7.04. The fraction of sp³-hybridized carbons (Fsp3) is 0.238. The molecule has 4 amide bonds. The van der Waals surface area contributed by atoms with Crippen LogP contribution in [0.2, 0.25) is 0 Å². The molecule has 2 aliphatic heterocycles. The largest absolute Gasteiger partial charge is 0.381 e. The lowest BCUT2D eigenvalue weighted by Crippen LogP contribution is -2.54. The van der Waals surface area contributed by atoms with E-state index < -0.39 is 29.7 Å². The van der Waals surface area contributed by atoms with Crippen molar-refractivity contribution in [3.63, 3.8) is 0 Å². The summed E-state index contributed by atoms with van der Waals surface area (Å²) in [4.78, 5) is 50.0. The molecule has 2 heterocycles. The quantitative estimate of drug-likeness (QED) is 0.657. The lowest BCUT2D eigenvalue weighted by molar-refractivity contribution is -0.136. The Bertz CT molecular complexity index is 1030. The highest BCUT2D eigenvalue weighted by Crippen LogP contribution is 2.28. The third kappa shape index (κ3) is 3.38. The Kier molecular flexibility index (Phi) is 4.85. The maximum Gasteiger partial charge on any atom is 0.262 e. The van der Waals surface area contributed by atoms with Crippen molar-refractivity contribution in [2.75, 3.05) is 5.32 Å². The molecule has 1 saturated heterocycles. The summed E-state index contributed by atoms with van der Waals surface area (Å²) >= 11 is 0. The third-order valence-electron chi connectivity index (χ3n) is 5.22. The highest BCUT2D eigenvalue weighted by Gasteiger charge is 2.44. The number of carbonyl (C=O) groups excluding carboxylic acids is 4. The van der Waals surface area contributed by atoms with Gasteiger partial charge in [-0.1, -0.05) is 24.3 Å². The van der Waals surface area contributed by atoms with E-state index in [0.717, 1.165) is 21.7 Å². The van der Waals surface area contributed by atoms with Crippen LogP contribution in [0.1, 0.15) is 44.7 Å². The van der Waals surface area contributed by atoms with Gasteiger partial charge in [-0.3, -0.25) is 29.4 Å². The highest BCUT2D eigenvalue weighted by molar-refractivity contribution is 6.23. The van der Waals surface area contributed by atoms with E-state index >= 15 is 0 Å². The molecular weight excluding hydrogens is 372 g/mol. The molecule has 4 N–H and O–H groups in total. The molecule has 0 aromatic heterocycles. The van der Waals surface area contributed by atoms with Gasteiger partial charge in [-0.15, -0.1) is 0 Å². The molecule has 8 heteroatoms. The molecule has 0 radical (unpaired) electrons. The number of benzene rings is 2. The minimum Gasteiger partial charge on any atom is -0.381 e. The molecule has 0 bridgehead atoms. The molecule has 0 saturated carbocycles. The maximum atomic E-state index is 12.9. The summed E-state index contributed by atoms with van der Waals surface area (Å²) in [5, 5.41) is 5.48. The van der Waals surface area contributed by atoms with E-state index in [2.05, 4.69) is 10.6 Å². The molecule has 148 valence electrons. The van der Waals surface area contributed by atoms with Crippen LogP contribution in [0.5, 0.6) is 0 Å². The summed E-state index contributed by atoms with van der Waals surface area (Å²) in [6.07, 6.45) is 0.236. The van der Waals surface area contributed by atoms with Crippen LogP contribution in [0.4, 0.5) is 5.69 Å². The number of nitrogens with two attached hydrogens (primary N) is 1. The van der Waals surface area contributed by atoms with Gasteiger partial charge in [0.1, 0.15) is 6.04 Å². The Morgan fingerprint density at radius 3 is 2.55 bits per heavy atom. The Morgan fingerprint density at radius 2 is 1.79 bits per heavy atom. The predicted octanol–water partition coefficient (Wildman–Crippen LogP) is 1.16. The van der Waals surface area contributed by atoms with Gasteiger partial charge in [0, 0.05) is 25.2 Å². The number of piperidine rings is 1. The van der Waals surface area contributed by atoms with E-state index in [1.807, 2.05) is 24.3 Å². The van der Waals surface area contributed by atoms with Crippen molar-refractivity contribution in [3.05, 3.63) is 64.7 Å². The van der Waals surface area contributed by atoms with Gasteiger partial charge < -0.3 is 11.1 Å². The van der Waals surface area contributed by atoms with Gasteiger partial charge in [0.25, 0.3) is 11.8 Å². The molecule has 4 rings (SSSR count). The third-order valence-corrected chi connectivity index (χ3v) is 5.22. The average Bonchev–Trinajstić information content (AvgIpc) is 2.97. The van der Waals surface area contributed by atoms with Gasteiger partial charge in [-0.25, -0.2) is 0 Å². The van der Waals surface area contributed by atoms with Crippen molar-refractivity contribution < 1.29 is 19.2 Å². The van der Waals surface area contributed by atoms with Crippen LogP contribution in [0.3, 0.4) is 0 Å². The number of anilines is 1. The van der Waals surface area contributed by atoms with Crippen molar-refractivity contribution in [1.82, 2.24) is 10.2 Å². The fourth-order valence-electron chi connectivity index (χ4n) is 3.70. The lowest BCUT2D eigenvalue weighted by Gasteiger charge is -2.27. The number of nitrogens with zero attached hydrogens (tertiary/aromatic N) is 1. The molecule has 2 aromatic rings. The topological polar surface area (TPSA) is 122 Å². The SMILES string of the molecule is NCc1ccccc1NCc1ccc2c(c1)C(=O)N(C1CCC(=O)NC1=O)C2=O. The normalized spacial score (nSPS) is 18.7. The van der Waals surface area contributed by atoms with E-state index in [-0.39, 0.29) is 24.0 Å². The Balaban J connectivity index is 1.54. The molecule has 0 aliphatic carbocycles. The summed E-state index contributed by atoms with van der Waals surface area (Å²) in [6, 6.07) is 11.8. The van der Waals surface area contributed by atoms with Gasteiger partial charge in [-0.05, 0) is 35.7 Å². The van der Waals surface area contributed by atoms with Crippen LogP contribution >= 0.6 is 0 Å². The zero-order valence-electron chi connectivity index (χ0n) is 15.6. The molecule has 29 heavy (non-hydrogen) atoms. The number of para-hydroxylation sites is 1. The van der Waals surface area contributed by atoms with E-state index in [0.29, 0.717) is 13.1 Å². The summed E-state index contributed by atoms with van der Waals surface area (Å²) in [6.45, 7) is 0.853. The van der Waals surface area contributed by atoms with Crippen LogP contribution in [0, 0.1) is 0 Å². The van der Waals surface area contributed by atoms with Gasteiger partial charge in [-0.2, -0.15) is 0 Å². The number of carbonyl (C=O) groups is 4. The summed E-state index contributed by atoms with van der Waals surface area (Å²) < 4.78 is 0. The van der Waals surface area contributed by atoms with Gasteiger partial charge in [0.15, 0.2) is 0 Å². The average molecular weight is 392 g/mol. The summed E-state index contributed by atoms with van der Waals surface area (Å²) in [5.74, 6) is -2.03. The second kappa shape index (κ2) is 7.48. The lowest BCUT2D eigenvalue weighted by atomic mass is 10.0.